The average Bonchev–Trinajstić information content (AvgIpc) is 3.59. The van der Waals surface area contributed by atoms with Crippen LogP contribution in [0.2, 0.25) is 0 Å². The van der Waals surface area contributed by atoms with E-state index < -0.39 is 12.1 Å². The molecule has 39 heavy (non-hydrogen) atoms. The number of fused-ring (bicyclic) bond motifs is 1. The number of morpholine rings is 1. The molecule has 1 atom stereocenters. The zero-order chi connectivity index (χ0) is 28.0. The number of hydrogen-bond donors (Lipinski definition) is 4. The molecule has 2 saturated heterocycles. The van der Waals surface area contributed by atoms with Gasteiger partial charge in [-0.05, 0) is 37.2 Å². The van der Waals surface area contributed by atoms with Crippen LogP contribution in [-0.2, 0) is 9.53 Å². The molecule has 12 nitrogen and oxygen atoms in total. The molecule has 0 spiro atoms. The first-order valence-electron chi connectivity index (χ1n) is 12.0. The second-order valence-electron chi connectivity index (χ2n) is 8.67. The number of rotatable bonds is 5. The predicted octanol–water partition coefficient (Wildman–Crippen LogP) is 2.10. The molecule has 206 valence electrons. The van der Waals surface area contributed by atoms with Gasteiger partial charge in [0, 0.05) is 37.6 Å². The van der Waals surface area contributed by atoms with E-state index in [9.17, 15) is 23.2 Å². The molecule has 2 aliphatic rings. The van der Waals surface area contributed by atoms with E-state index in [0.717, 1.165) is 38.3 Å². The van der Waals surface area contributed by atoms with E-state index in [4.69, 9.17) is 14.6 Å². The van der Waals surface area contributed by atoms with Gasteiger partial charge in [0.1, 0.15) is 17.5 Å². The number of nitrogens with zero attached hydrogens (tertiary/aromatic N) is 5. The standard InChI is InChI=1S/C22H24N8O2.C2HF3O2/c23-12-15-11-17(29-7-9-32-10-8-29)1-2-19(15)27-22(31)18-14-25-30-6-4-20(28-21(18)30)26-16-3-5-24-13-16;3-2(4,5)1(6)7/h1-2,4,6,11,14,16,24H,3,5,7-10,13H2,(H,26,28)(H,27,31);(H,6,7)/t16-;/m1./s1. The highest BCUT2D eigenvalue weighted by molar-refractivity contribution is 6.08. The molecule has 0 aliphatic carbocycles. The van der Waals surface area contributed by atoms with E-state index in [2.05, 4.69) is 37.0 Å². The summed E-state index contributed by atoms with van der Waals surface area (Å²) in [7, 11) is 0. The number of carbonyl (C=O) groups excluding carboxylic acids is 1. The Bertz CT molecular complexity index is 1380. The third kappa shape index (κ3) is 6.92. The number of amides is 1. The first-order chi connectivity index (χ1) is 18.7. The van der Waals surface area contributed by atoms with Gasteiger partial charge >= 0.3 is 12.1 Å². The lowest BCUT2D eigenvalue weighted by atomic mass is 10.1. The minimum absolute atomic E-state index is 0.313. The van der Waals surface area contributed by atoms with Gasteiger partial charge in [-0.1, -0.05) is 0 Å². The Balaban J connectivity index is 0.000000448. The Morgan fingerprint density at radius 2 is 1.97 bits per heavy atom. The fourth-order valence-corrected chi connectivity index (χ4v) is 4.04. The van der Waals surface area contributed by atoms with E-state index in [1.54, 1.807) is 22.8 Å². The fraction of sp³-hybridized carbons (Fsp3) is 0.375. The third-order valence-electron chi connectivity index (χ3n) is 6.02. The zero-order valence-electron chi connectivity index (χ0n) is 20.5. The lowest BCUT2D eigenvalue weighted by Crippen LogP contribution is -2.36. The van der Waals surface area contributed by atoms with Crippen LogP contribution in [-0.4, -0.2) is 83.2 Å². The van der Waals surface area contributed by atoms with Crippen molar-refractivity contribution in [3.63, 3.8) is 0 Å². The van der Waals surface area contributed by atoms with Crippen molar-refractivity contribution < 1.29 is 32.6 Å². The molecule has 0 radical (unpaired) electrons. The van der Waals surface area contributed by atoms with Crippen LogP contribution in [0.1, 0.15) is 22.3 Å². The van der Waals surface area contributed by atoms with Gasteiger partial charge in [-0.25, -0.2) is 14.3 Å². The second-order valence-corrected chi connectivity index (χ2v) is 8.67. The summed E-state index contributed by atoms with van der Waals surface area (Å²) in [5, 5.41) is 30.6. The molecule has 1 amide bonds. The van der Waals surface area contributed by atoms with Crippen molar-refractivity contribution in [2.45, 2.75) is 18.6 Å². The predicted molar refractivity (Wildman–Crippen MR) is 134 cm³/mol. The maximum atomic E-state index is 13.0. The molecule has 3 aromatic rings. The molecule has 0 saturated carbocycles. The summed E-state index contributed by atoms with van der Waals surface area (Å²) in [5.74, 6) is -2.41. The molecule has 15 heteroatoms. The molecule has 2 fully saturated rings. The largest absolute Gasteiger partial charge is 0.490 e. The van der Waals surface area contributed by atoms with Crippen LogP contribution in [0.3, 0.4) is 0 Å². The van der Waals surface area contributed by atoms with Gasteiger partial charge < -0.3 is 30.7 Å². The summed E-state index contributed by atoms with van der Waals surface area (Å²) in [4.78, 5) is 28.7. The molecule has 0 bridgehead atoms. The molecule has 4 heterocycles. The van der Waals surface area contributed by atoms with E-state index in [1.165, 1.54) is 6.20 Å². The maximum absolute atomic E-state index is 13.0. The number of benzene rings is 1. The number of nitrogens with one attached hydrogen (secondary N) is 3. The summed E-state index contributed by atoms with van der Waals surface area (Å²) in [6.45, 7) is 4.74. The van der Waals surface area contributed by atoms with E-state index in [1.807, 2.05) is 12.1 Å². The number of carbonyl (C=O) groups is 2. The van der Waals surface area contributed by atoms with Gasteiger partial charge in [-0.2, -0.15) is 23.5 Å². The van der Waals surface area contributed by atoms with Gasteiger partial charge in [-0.15, -0.1) is 0 Å². The van der Waals surface area contributed by atoms with E-state index in [-0.39, 0.29) is 5.91 Å². The topological polar surface area (TPSA) is 157 Å². The number of anilines is 3. The van der Waals surface area contributed by atoms with Gasteiger partial charge in [0.05, 0.1) is 30.7 Å². The number of aliphatic carboxylic acids is 1. The molecule has 0 unspecified atom stereocenters. The SMILES string of the molecule is N#Cc1cc(N2CCOCC2)ccc1NC(=O)c1cnn2ccc(N[C@@H]3CCNC3)nc12.O=C(O)C(F)(F)F. The summed E-state index contributed by atoms with van der Waals surface area (Å²) in [6, 6.07) is 9.82. The van der Waals surface area contributed by atoms with Crippen LogP contribution < -0.4 is 20.9 Å². The monoisotopic (exact) mass is 546 g/mol. The number of nitriles is 1. The lowest BCUT2D eigenvalue weighted by Gasteiger charge is -2.29. The second kappa shape index (κ2) is 12.0. The zero-order valence-corrected chi connectivity index (χ0v) is 20.5. The van der Waals surface area contributed by atoms with Crippen LogP contribution in [0.5, 0.6) is 0 Å². The van der Waals surface area contributed by atoms with Gasteiger partial charge in [0.2, 0.25) is 0 Å². The van der Waals surface area contributed by atoms with Crippen LogP contribution in [0, 0.1) is 11.3 Å². The normalized spacial score (nSPS) is 17.2. The van der Waals surface area contributed by atoms with Crippen molar-refractivity contribution in [2.75, 3.05) is 54.9 Å². The van der Waals surface area contributed by atoms with Gasteiger partial charge in [0.15, 0.2) is 5.65 Å². The molecule has 4 N–H and O–H groups in total. The Morgan fingerprint density at radius 3 is 2.62 bits per heavy atom. The van der Waals surface area contributed by atoms with Crippen LogP contribution in [0.15, 0.2) is 36.7 Å². The van der Waals surface area contributed by atoms with Crippen LogP contribution in [0.25, 0.3) is 5.65 Å². The van der Waals surface area contributed by atoms with E-state index in [0.29, 0.717) is 47.5 Å². The van der Waals surface area contributed by atoms with Crippen molar-refractivity contribution in [1.29, 1.82) is 5.26 Å². The van der Waals surface area contributed by atoms with Gasteiger partial charge in [-0.3, -0.25) is 4.79 Å². The van der Waals surface area contributed by atoms with Crippen LogP contribution >= 0.6 is 0 Å². The molecule has 2 aliphatic heterocycles. The smallest absolute Gasteiger partial charge is 0.475 e. The summed E-state index contributed by atoms with van der Waals surface area (Å²) < 4.78 is 38.7. The number of ether oxygens (including phenoxy) is 1. The highest BCUT2D eigenvalue weighted by Crippen LogP contribution is 2.25. The average molecular weight is 547 g/mol. The first kappa shape index (κ1) is 27.6. The van der Waals surface area contributed by atoms with Crippen molar-refractivity contribution >= 4 is 34.7 Å². The Labute approximate surface area is 220 Å². The minimum Gasteiger partial charge on any atom is -0.475 e. The first-order valence-corrected chi connectivity index (χ1v) is 12.0. The van der Waals surface area contributed by atoms with E-state index >= 15 is 0 Å². The molecular weight excluding hydrogens is 521 g/mol. The molecule has 5 rings (SSSR count). The van der Waals surface area contributed by atoms with Crippen molar-refractivity contribution in [2.24, 2.45) is 0 Å². The van der Waals surface area contributed by atoms with Crippen molar-refractivity contribution in [1.82, 2.24) is 19.9 Å². The third-order valence-corrected chi connectivity index (χ3v) is 6.02. The highest BCUT2D eigenvalue weighted by Gasteiger charge is 2.38. The fourth-order valence-electron chi connectivity index (χ4n) is 4.04. The summed E-state index contributed by atoms with van der Waals surface area (Å²) >= 11 is 0. The Kier molecular flexibility index (Phi) is 8.47. The number of carboxylic acids is 1. The maximum Gasteiger partial charge on any atom is 0.490 e. The van der Waals surface area contributed by atoms with Crippen molar-refractivity contribution in [3.8, 4) is 6.07 Å². The molecule has 1 aromatic carbocycles. The number of carboxylic acid groups (broad SMARTS) is 1. The van der Waals surface area contributed by atoms with Gasteiger partial charge in [0.25, 0.3) is 5.91 Å². The number of hydrogen-bond acceptors (Lipinski definition) is 9. The van der Waals surface area contributed by atoms with Crippen LogP contribution in [0.4, 0.5) is 30.4 Å². The quantitative estimate of drug-likeness (QED) is 0.374. The summed E-state index contributed by atoms with van der Waals surface area (Å²) in [6.07, 6.45) is -0.786. The number of halogens is 3. The molecular formula is C24H25F3N8O4. The molecule has 2 aromatic heterocycles. The van der Waals surface area contributed by atoms with Crippen molar-refractivity contribution in [3.05, 3.63) is 47.8 Å². The summed E-state index contributed by atoms with van der Waals surface area (Å²) in [5.41, 5.74) is 2.61. The minimum atomic E-state index is -5.08. The number of alkyl halides is 3. The lowest BCUT2D eigenvalue weighted by molar-refractivity contribution is -0.192. The Hall–Kier alpha value is -4.42. The Morgan fingerprint density at radius 1 is 1.23 bits per heavy atom. The highest BCUT2D eigenvalue weighted by atomic mass is 19.4. The number of aromatic nitrogens is 3.